The quantitative estimate of drug-likeness (QED) is 0.809. The Bertz CT molecular complexity index is 342. The molecule has 2 aliphatic heterocycles. The summed E-state index contributed by atoms with van der Waals surface area (Å²) in [4.78, 5) is 2.35. The van der Waals surface area contributed by atoms with Crippen LogP contribution in [0.25, 0.3) is 0 Å². The molecule has 5 heteroatoms. The van der Waals surface area contributed by atoms with E-state index in [1.54, 1.807) is 0 Å². The van der Waals surface area contributed by atoms with E-state index >= 15 is 0 Å². The van der Waals surface area contributed by atoms with Crippen molar-refractivity contribution in [2.75, 3.05) is 31.9 Å². The monoisotopic (exact) mass is 260 g/mol. The van der Waals surface area contributed by atoms with E-state index in [0.29, 0.717) is 11.8 Å². The molecule has 4 nitrogen and oxygen atoms in total. The van der Waals surface area contributed by atoms with E-state index in [-0.39, 0.29) is 5.25 Å². The molecule has 0 spiro atoms. The summed E-state index contributed by atoms with van der Waals surface area (Å²) in [6, 6.07) is 0.529. The van der Waals surface area contributed by atoms with Crippen LogP contribution in [-0.4, -0.2) is 56.5 Å². The molecule has 2 aliphatic rings. The molecule has 2 unspecified atom stereocenters. The van der Waals surface area contributed by atoms with E-state index in [1.165, 1.54) is 0 Å². The lowest BCUT2D eigenvalue weighted by Gasteiger charge is -2.26. The number of nitrogens with one attached hydrogen (secondary N) is 1. The first kappa shape index (κ1) is 13.3. The Morgan fingerprint density at radius 1 is 1.35 bits per heavy atom. The van der Waals surface area contributed by atoms with Gasteiger partial charge in [0.15, 0.2) is 9.84 Å². The van der Waals surface area contributed by atoms with Gasteiger partial charge in [-0.15, -0.1) is 0 Å². The average molecular weight is 260 g/mol. The lowest BCUT2D eigenvalue weighted by Crippen LogP contribution is -2.41. The van der Waals surface area contributed by atoms with Crippen LogP contribution >= 0.6 is 0 Å². The Kier molecular flexibility index (Phi) is 4.44. The van der Waals surface area contributed by atoms with Crippen molar-refractivity contribution in [1.29, 1.82) is 0 Å². The summed E-state index contributed by atoms with van der Waals surface area (Å²) in [5, 5.41) is 3.42. The van der Waals surface area contributed by atoms with Gasteiger partial charge in [-0.05, 0) is 38.8 Å². The molecule has 2 atom stereocenters. The van der Waals surface area contributed by atoms with E-state index < -0.39 is 9.84 Å². The molecule has 1 N–H and O–H groups in total. The highest BCUT2D eigenvalue weighted by atomic mass is 32.2. The molecule has 0 amide bonds. The van der Waals surface area contributed by atoms with Gasteiger partial charge in [-0.25, -0.2) is 8.42 Å². The predicted molar refractivity (Wildman–Crippen MR) is 69.9 cm³/mol. The molecular formula is C12H24N2O2S. The third-order valence-electron chi connectivity index (χ3n) is 3.98. The molecule has 100 valence electrons. The zero-order valence-electron chi connectivity index (χ0n) is 10.7. The van der Waals surface area contributed by atoms with Crippen LogP contribution in [0.4, 0.5) is 0 Å². The van der Waals surface area contributed by atoms with Crippen molar-refractivity contribution in [1.82, 2.24) is 10.2 Å². The third-order valence-corrected chi connectivity index (χ3v) is 6.24. The number of rotatable bonds is 3. The van der Waals surface area contributed by atoms with E-state index in [2.05, 4.69) is 17.1 Å². The van der Waals surface area contributed by atoms with Gasteiger partial charge in [0.2, 0.25) is 0 Å². The highest BCUT2D eigenvalue weighted by Crippen LogP contribution is 2.21. The van der Waals surface area contributed by atoms with Gasteiger partial charge in [0.05, 0.1) is 11.0 Å². The second-order valence-electron chi connectivity index (χ2n) is 5.30. The van der Waals surface area contributed by atoms with Gasteiger partial charge in [-0.3, -0.25) is 0 Å². The van der Waals surface area contributed by atoms with Gasteiger partial charge in [0.1, 0.15) is 0 Å². The molecule has 0 aromatic carbocycles. The molecular weight excluding hydrogens is 236 g/mol. The predicted octanol–water partition coefficient (Wildman–Crippen LogP) is 0.638. The Labute approximate surface area is 105 Å². The van der Waals surface area contributed by atoms with Crippen molar-refractivity contribution < 1.29 is 8.42 Å². The van der Waals surface area contributed by atoms with E-state index in [1.807, 2.05) is 0 Å². The summed E-state index contributed by atoms with van der Waals surface area (Å²) in [6.07, 6.45) is 3.97. The SMILES string of the molecule is CCC1CN(CC2CCCS2(=O)=O)CCCN1. The Morgan fingerprint density at radius 3 is 2.82 bits per heavy atom. The van der Waals surface area contributed by atoms with Crippen LogP contribution in [0.1, 0.15) is 32.6 Å². The summed E-state index contributed by atoms with van der Waals surface area (Å²) >= 11 is 0. The molecule has 2 heterocycles. The molecule has 0 aliphatic carbocycles. The van der Waals surface area contributed by atoms with Gasteiger partial charge in [0.25, 0.3) is 0 Å². The molecule has 2 fully saturated rings. The van der Waals surface area contributed by atoms with Crippen LogP contribution in [0.3, 0.4) is 0 Å². The Hall–Kier alpha value is -0.130. The van der Waals surface area contributed by atoms with Crippen molar-refractivity contribution in [2.24, 2.45) is 0 Å². The molecule has 0 aromatic heterocycles. The van der Waals surface area contributed by atoms with Crippen LogP contribution in [0.5, 0.6) is 0 Å². The molecule has 0 radical (unpaired) electrons. The van der Waals surface area contributed by atoms with Gasteiger partial charge >= 0.3 is 0 Å². The standard InChI is InChI=1S/C12H24N2O2S/c1-2-11-9-14(7-4-6-13-11)10-12-5-3-8-17(12,15)16/h11-13H,2-10H2,1H3. The van der Waals surface area contributed by atoms with Gasteiger partial charge < -0.3 is 10.2 Å². The lowest BCUT2D eigenvalue weighted by molar-refractivity contribution is 0.263. The van der Waals surface area contributed by atoms with Crippen LogP contribution in [-0.2, 0) is 9.84 Å². The summed E-state index contributed by atoms with van der Waals surface area (Å²) in [5.74, 6) is 0.404. The lowest BCUT2D eigenvalue weighted by atomic mass is 10.2. The molecule has 17 heavy (non-hydrogen) atoms. The third kappa shape index (κ3) is 3.42. The summed E-state index contributed by atoms with van der Waals surface area (Å²) in [7, 11) is -2.78. The first-order valence-corrected chi connectivity index (χ1v) is 8.50. The van der Waals surface area contributed by atoms with Crippen molar-refractivity contribution in [3.8, 4) is 0 Å². The minimum absolute atomic E-state index is 0.0990. The first-order chi connectivity index (χ1) is 8.12. The van der Waals surface area contributed by atoms with Crippen molar-refractivity contribution in [3.05, 3.63) is 0 Å². The fourth-order valence-electron chi connectivity index (χ4n) is 2.87. The topological polar surface area (TPSA) is 49.4 Å². The molecule has 2 rings (SSSR count). The van der Waals surface area contributed by atoms with Crippen molar-refractivity contribution in [2.45, 2.75) is 43.9 Å². The maximum atomic E-state index is 11.8. The second-order valence-corrected chi connectivity index (χ2v) is 7.70. The first-order valence-electron chi connectivity index (χ1n) is 6.79. The highest BCUT2D eigenvalue weighted by Gasteiger charge is 2.33. The maximum Gasteiger partial charge on any atom is 0.154 e. The van der Waals surface area contributed by atoms with Crippen LogP contribution in [0.15, 0.2) is 0 Å². The maximum absolute atomic E-state index is 11.8. The van der Waals surface area contributed by atoms with Crippen molar-refractivity contribution in [3.63, 3.8) is 0 Å². The summed E-state index contributed by atoms with van der Waals surface area (Å²) < 4.78 is 23.7. The average Bonchev–Trinajstić information content (AvgIpc) is 2.53. The van der Waals surface area contributed by atoms with Crippen LogP contribution < -0.4 is 5.32 Å². The van der Waals surface area contributed by atoms with Crippen LogP contribution in [0.2, 0.25) is 0 Å². The zero-order valence-corrected chi connectivity index (χ0v) is 11.5. The van der Waals surface area contributed by atoms with E-state index in [4.69, 9.17) is 0 Å². The largest absolute Gasteiger partial charge is 0.313 e. The molecule has 0 bridgehead atoms. The minimum atomic E-state index is -2.78. The van der Waals surface area contributed by atoms with Gasteiger partial charge in [-0.1, -0.05) is 6.92 Å². The Balaban J connectivity index is 1.93. The van der Waals surface area contributed by atoms with E-state index in [0.717, 1.165) is 51.9 Å². The number of nitrogens with zero attached hydrogens (tertiary/aromatic N) is 1. The molecule has 0 saturated carbocycles. The highest BCUT2D eigenvalue weighted by molar-refractivity contribution is 7.92. The summed E-state index contributed by atoms with van der Waals surface area (Å²) in [6.45, 7) is 6.04. The van der Waals surface area contributed by atoms with Gasteiger partial charge in [-0.2, -0.15) is 0 Å². The van der Waals surface area contributed by atoms with Crippen molar-refractivity contribution >= 4 is 9.84 Å². The fourth-order valence-corrected chi connectivity index (χ4v) is 4.73. The van der Waals surface area contributed by atoms with Gasteiger partial charge in [0, 0.05) is 19.1 Å². The summed E-state index contributed by atoms with van der Waals surface area (Å²) in [5.41, 5.74) is 0. The van der Waals surface area contributed by atoms with E-state index in [9.17, 15) is 8.42 Å². The zero-order chi connectivity index (χ0) is 12.3. The molecule has 2 saturated heterocycles. The minimum Gasteiger partial charge on any atom is -0.313 e. The normalized spacial score (nSPS) is 34.6. The second kappa shape index (κ2) is 5.67. The number of hydrogen-bond donors (Lipinski definition) is 1. The molecule has 0 aromatic rings. The smallest absolute Gasteiger partial charge is 0.154 e. The Morgan fingerprint density at radius 2 is 2.18 bits per heavy atom. The fraction of sp³-hybridized carbons (Fsp3) is 1.00. The number of sulfone groups is 1. The number of hydrogen-bond acceptors (Lipinski definition) is 4. The van der Waals surface area contributed by atoms with Crippen LogP contribution in [0, 0.1) is 0 Å².